The van der Waals surface area contributed by atoms with E-state index in [-0.39, 0.29) is 0 Å². The van der Waals surface area contributed by atoms with Gasteiger partial charge in [-0.05, 0) is 42.0 Å². The minimum absolute atomic E-state index is 0.293. The third kappa shape index (κ3) is 3.16. The molecule has 0 radical (unpaired) electrons. The Morgan fingerprint density at radius 3 is 2.33 bits per heavy atom. The Morgan fingerprint density at radius 1 is 1.08 bits per heavy atom. The Hall–Kier alpha value is -1.92. The molecule has 1 unspecified atom stereocenters. The molecule has 2 amide bonds. The number of rotatable bonds is 2. The maximum Gasteiger partial charge on any atom is 0.416 e. The Kier molecular flexibility index (Phi) is 4.36. The molecule has 3 nitrogen and oxygen atoms in total. The van der Waals surface area contributed by atoms with Crippen LogP contribution in [0.15, 0.2) is 42.5 Å². The van der Waals surface area contributed by atoms with Gasteiger partial charge >= 0.3 is 12.2 Å². The fourth-order valence-electron chi connectivity index (χ4n) is 2.63. The molecule has 1 heterocycles. The molecule has 0 spiro atoms. The van der Waals surface area contributed by atoms with Crippen molar-refractivity contribution in [3.63, 3.8) is 0 Å². The van der Waals surface area contributed by atoms with Crippen molar-refractivity contribution < 1.29 is 18.0 Å². The largest absolute Gasteiger partial charge is 0.416 e. The van der Waals surface area contributed by atoms with Gasteiger partial charge in [0.2, 0.25) is 0 Å². The highest BCUT2D eigenvalue weighted by Gasteiger charge is 2.35. The second kappa shape index (κ2) is 6.18. The molecule has 8 heteroatoms. The Balaban J connectivity index is 1.96. The number of hydrogen-bond acceptors (Lipinski definition) is 1. The molecule has 0 bridgehead atoms. The standard InChI is InChI=1S/C16H11Cl2F3N2O/c17-10-3-6-12(13(18)7-10)14-8-22-15(24)23(14)11-4-1-9(2-5-11)16(19,20)21/h1-7,14H,8H2,(H,22,24). The van der Waals surface area contributed by atoms with E-state index in [4.69, 9.17) is 23.2 Å². The summed E-state index contributed by atoms with van der Waals surface area (Å²) >= 11 is 12.1. The SMILES string of the molecule is O=C1NCC(c2ccc(Cl)cc2Cl)N1c1ccc(C(F)(F)F)cc1. The second-order valence-corrected chi connectivity index (χ2v) is 6.13. The fourth-order valence-corrected chi connectivity index (χ4v) is 3.17. The van der Waals surface area contributed by atoms with Crippen molar-refractivity contribution in [3.05, 3.63) is 63.6 Å². The van der Waals surface area contributed by atoms with Crippen LogP contribution in [0.2, 0.25) is 10.0 Å². The number of nitrogens with one attached hydrogen (secondary N) is 1. The van der Waals surface area contributed by atoms with Crippen molar-refractivity contribution in [2.45, 2.75) is 12.2 Å². The van der Waals surface area contributed by atoms with E-state index in [9.17, 15) is 18.0 Å². The van der Waals surface area contributed by atoms with E-state index in [1.54, 1.807) is 18.2 Å². The molecule has 126 valence electrons. The molecule has 1 fully saturated rings. The van der Waals surface area contributed by atoms with Crippen LogP contribution in [0.25, 0.3) is 0 Å². The van der Waals surface area contributed by atoms with Gasteiger partial charge in [0.25, 0.3) is 0 Å². The molecule has 1 aliphatic heterocycles. The summed E-state index contributed by atoms with van der Waals surface area (Å²) in [5.74, 6) is 0. The predicted octanol–water partition coefficient (Wildman–Crippen LogP) is 5.28. The average Bonchev–Trinajstić information content (AvgIpc) is 2.88. The van der Waals surface area contributed by atoms with E-state index in [0.717, 1.165) is 12.1 Å². The van der Waals surface area contributed by atoms with E-state index in [2.05, 4.69) is 5.32 Å². The van der Waals surface area contributed by atoms with E-state index < -0.39 is 23.8 Å². The number of halogens is 5. The number of urea groups is 1. The van der Waals surface area contributed by atoms with Crippen LogP contribution in [0, 0.1) is 0 Å². The van der Waals surface area contributed by atoms with Crippen LogP contribution >= 0.6 is 23.2 Å². The van der Waals surface area contributed by atoms with Crippen LogP contribution in [0.1, 0.15) is 17.2 Å². The zero-order chi connectivity index (χ0) is 17.5. The van der Waals surface area contributed by atoms with E-state index in [1.807, 2.05) is 0 Å². The summed E-state index contributed by atoms with van der Waals surface area (Å²) in [7, 11) is 0. The van der Waals surface area contributed by atoms with Crippen LogP contribution < -0.4 is 10.2 Å². The van der Waals surface area contributed by atoms with Gasteiger partial charge in [-0.2, -0.15) is 13.2 Å². The zero-order valence-electron chi connectivity index (χ0n) is 12.1. The van der Waals surface area contributed by atoms with E-state index >= 15 is 0 Å². The summed E-state index contributed by atoms with van der Waals surface area (Å²) in [5.41, 5.74) is 0.250. The Bertz CT molecular complexity index is 778. The molecule has 1 N–H and O–H groups in total. The van der Waals surface area contributed by atoms with Crippen molar-refractivity contribution in [1.82, 2.24) is 5.32 Å². The van der Waals surface area contributed by atoms with Crippen molar-refractivity contribution in [1.29, 1.82) is 0 Å². The Labute approximate surface area is 146 Å². The number of nitrogens with zero attached hydrogens (tertiary/aromatic N) is 1. The van der Waals surface area contributed by atoms with Gasteiger partial charge in [-0.25, -0.2) is 4.79 Å². The van der Waals surface area contributed by atoms with Gasteiger partial charge in [0.1, 0.15) is 0 Å². The molecule has 1 aliphatic rings. The normalized spacial score (nSPS) is 18.0. The smallest absolute Gasteiger partial charge is 0.335 e. The highest BCUT2D eigenvalue weighted by Crippen LogP contribution is 2.36. The average molecular weight is 375 g/mol. The first-order chi connectivity index (χ1) is 11.3. The van der Waals surface area contributed by atoms with Crippen molar-refractivity contribution in [2.24, 2.45) is 0 Å². The van der Waals surface area contributed by atoms with Gasteiger partial charge in [-0.15, -0.1) is 0 Å². The summed E-state index contributed by atoms with van der Waals surface area (Å²) in [4.78, 5) is 13.5. The predicted molar refractivity (Wildman–Crippen MR) is 86.5 cm³/mol. The Morgan fingerprint density at radius 2 is 1.75 bits per heavy atom. The van der Waals surface area contributed by atoms with Crippen LogP contribution in [0.3, 0.4) is 0 Å². The summed E-state index contributed by atoms with van der Waals surface area (Å²) in [6, 6.07) is 8.51. The third-order valence-corrected chi connectivity index (χ3v) is 4.33. The molecule has 0 aromatic heterocycles. The number of benzene rings is 2. The minimum atomic E-state index is -4.43. The molecule has 24 heavy (non-hydrogen) atoms. The fraction of sp³-hybridized carbons (Fsp3) is 0.188. The number of anilines is 1. The quantitative estimate of drug-likeness (QED) is 0.761. The van der Waals surface area contributed by atoms with E-state index in [0.29, 0.717) is 27.8 Å². The van der Waals surface area contributed by atoms with E-state index in [1.165, 1.54) is 17.0 Å². The minimum Gasteiger partial charge on any atom is -0.335 e. The maximum absolute atomic E-state index is 12.7. The number of carbonyl (C=O) groups is 1. The second-order valence-electron chi connectivity index (χ2n) is 5.28. The summed E-state index contributed by atoms with van der Waals surface area (Å²) in [6.45, 7) is 0.293. The zero-order valence-corrected chi connectivity index (χ0v) is 13.6. The van der Waals surface area contributed by atoms with Crippen LogP contribution in [-0.2, 0) is 6.18 Å². The lowest BCUT2D eigenvalue weighted by Crippen LogP contribution is -2.29. The molecule has 3 rings (SSSR count). The molecule has 1 saturated heterocycles. The first-order valence-electron chi connectivity index (χ1n) is 6.96. The molecular weight excluding hydrogens is 364 g/mol. The van der Waals surface area contributed by atoms with Crippen LogP contribution in [0.4, 0.5) is 23.7 Å². The molecule has 0 aliphatic carbocycles. The third-order valence-electron chi connectivity index (χ3n) is 3.77. The topological polar surface area (TPSA) is 32.3 Å². The number of amides is 2. The van der Waals surface area contributed by atoms with Crippen LogP contribution in [-0.4, -0.2) is 12.6 Å². The number of alkyl halides is 3. The first-order valence-corrected chi connectivity index (χ1v) is 7.72. The lowest BCUT2D eigenvalue weighted by atomic mass is 10.1. The first kappa shape index (κ1) is 16.9. The van der Waals surface area contributed by atoms with Gasteiger partial charge in [0.15, 0.2) is 0 Å². The monoisotopic (exact) mass is 374 g/mol. The summed E-state index contributed by atoms with van der Waals surface area (Å²) in [6.07, 6.45) is -4.43. The van der Waals surface area contributed by atoms with Gasteiger partial charge in [0.05, 0.1) is 11.6 Å². The summed E-state index contributed by atoms with van der Waals surface area (Å²) in [5, 5.41) is 3.53. The highest BCUT2D eigenvalue weighted by molar-refractivity contribution is 6.35. The van der Waals surface area contributed by atoms with Crippen LogP contribution in [0.5, 0.6) is 0 Å². The van der Waals surface area contributed by atoms with Crippen molar-refractivity contribution >= 4 is 34.9 Å². The molecule has 2 aromatic rings. The van der Waals surface area contributed by atoms with Gasteiger partial charge in [-0.1, -0.05) is 29.3 Å². The number of hydrogen-bond donors (Lipinski definition) is 1. The maximum atomic E-state index is 12.7. The lowest BCUT2D eigenvalue weighted by molar-refractivity contribution is -0.137. The molecule has 2 aromatic carbocycles. The molecule has 0 saturated carbocycles. The van der Waals surface area contributed by atoms with Gasteiger partial charge in [0, 0.05) is 22.3 Å². The number of carbonyl (C=O) groups excluding carboxylic acids is 1. The van der Waals surface area contributed by atoms with Crippen molar-refractivity contribution in [2.75, 3.05) is 11.4 Å². The molecule has 1 atom stereocenters. The van der Waals surface area contributed by atoms with Crippen molar-refractivity contribution in [3.8, 4) is 0 Å². The van der Waals surface area contributed by atoms with Gasteiger partial charge in [-0.3, -0.25) is 4.90 Å². The summed E-state index contributed by atoms with van der Waals surface area (Å²) < 4.78 is 38.0. The lowest BCUT2D eigenvalue weighted by Gasteiger charge is -2.24. The highest BCUT2D eigenvalue weighted by atomic mass is 35.5. The van der Waals surface area contributed by atoms with Gasteiger partial charge < -0.3 is 5.32 Å². The molecular formula is C16H11Cl2F3N2O.